The number of amides is 1. The Hall–Kier alpha value is -3.03. The molecule has 1 aliphatic rings. The predicted octanol–water partition coefficient (Wildman–Crippen LogP) is 0.356. The van der Waals surface area contributed by atoms with Crippen molar-refractivity contribution in [2.45, 2.75) is 70.2 Å². The number of esters is 3. The summed E-state index contributed by atoms with van der Waals surface area (Å²) in [6.07, 6.45) is -5.66. The average molecular weight is 502 g/mol. The molecule has 1 aromatic carbocycles. The number of benzene rings is 1. The fraction of sp³-hybridized carbons (Fsp3) is 0.524. The van der Waals surface area contributed by atoms with E-state index in [1.807, 2.05) is 0 Å². The second kappa shape index (κ2) is 11.4. The van der Waals surface area contributed by atoms with Crippen LogP contribution in [0.5, 0.6) is 0 Å². The van der Waals surface area contributed by atoms with Gasteiger partial charge in [0.05, 0.1) is 11.5 Å². The third-order valence-electron chi connectivity index (χ3n) is 4.60. The number of ether oxygens (including phenoxy) is 4. The van der Waals surface area contributed by atoms with Gasteiger partial charge in [0.2, 0.25) is 12.2 Å². The zero-order chi connectivity index (χ0) is 25.6. The molecule has 1 N–H and O–H groups in total. The molecule has 5 atom stereocenters. The largest absolute Gasteiger partial charge is 0.456 e. The van der Waals surface area contributed by atoms with Crippen molar-refractivity contribution in [3.05, 3.63) is 29.8 Å². The molecular weight excluding hydrogens is 474 g/mol. The van der Waals surface area contributed by atoms with Gasteiger partial charge in [0, 0.05) is 27.7 Å². The smallest absolute Gasteiger partial charge is 0.305 e. The van der Waals surface area contributed by atoms with E-state index < -0.39 is 71.2 Å². The maximum atomic E-state index is 12.6. The molecule has 2 rings (SSSR count). The Kier molecular flexibility index (Phi) is 9.13. The second-order valence-electron chi connectivity index (χ2n) is 7.58. The van der Waals surface area contributed by atoms with Crippen molar-refractivity contribution in [1.82, 2.24) is 5.32 Å². The molecule has 0 bridgehead atoms. The first-order chi connectivity index (χ1) is 15.8. The summed E-state index contributed by atoms with van der Waals surface area (Å²) in [6.45, 7) is 5.51. The van der Waals surface area contributed by atoms with Gasteiger partial charge in [-0.1, -0.05) is 17.7 Å². The molecule has 0 aromatic heterocycles. The van der Waals surface area contributed by atoms with E-state index in [1.165, 1.54) is 19.1 Å². The fourth-order valence-corrected chi connectivity index (χ4v) is 4.20. The van der Waals surface area contributed by atoms with Crippen LogP contribution < -0.4 is 5.32 Å². The topological polar surface area (TPSA) is 161 Å². The van der Waals surface area contributed by atoms with Crippen LogP contribution >= 0.6 is 0 Å². The Bertz CT molecular complexity index is 1020. The van der Waals surface area contributed by atoms with E-state index in [0.717, 1.165) is 26.3 Å². The van der Waals surface area contributed by atoms with Crippen LogP contribution in [0, 0.1) is 6.92 Å². The fourth-order valence-electron chi connectivity index (χ4n) is 3.29. The molecule has 34 heavy (non-hydrogen) atoms. The molecule has 1 saturated heterocycles. The van der Waals surface area contributed by atoms with Crippen molar-refractivity contribution in [2.24, 2.45) is 0 Å². The van der Waals surface area contributed by atoms with Gasteiger partial charge >= 0.3 is 17.9 Å². The Labute approximate surface area is 196 Å². The molecule has 1 amide bonds. The molecule has 0 radical (unpaired) electrons. The molecule has 1 fully saturated rings. The van der Waals surface area contributed by atoms with E-state index in [9.17, 15) is 27.6 Å². The summed E-state index contributed by atoms with van der Waals surface area (Å²) in [6, 6.07) is 4.61. The van der Waals surface area contributed by atoms with Crippen LogP contribution in [0.15, 0.2) is 29.2 Å². The molecule has 12 nitrogen and oxygen atoms in total. The molecular formula is C21H27NO11S. The molecule has 13 heteroatoms. The van der Waals surface area contributed by atoms with Crippen molar-refractivity contribution < 1.29 is 50.7 Å². The molecule has 0 aliphatic carbocycles. The predicted molar refractivity (Wildman–Crippen MR) is 113 cm³/mol. The normalized spacial score (nSPS) is 24.6. The van der Waals surface area contributed by atoms with Gasteiger partial charge in [-0.3, -0.25) is 23.4 Å². The third kappa shape index (κ3) is 7.50. The summed E-state index contributed by atoms with van der Waals surface area (Å²) < 4.78 is 51.7. The van der Waals surface area contributed by atoms with E-state index in [1.54, 1.807) is 19.1 Å². The zero-order valence-corrected chi connectivity index (χ0v) is 20.1. The highest BCUT2D eigenvalue weighted by molar-refractivity contribution is 7.86. The lowest BCUT2D eigenvalue weighted by molar-refractivity contribution is -0.268. The summed E-state index contributed by atoms with van der Waals surface area (Å²) in [5.74, 6) is -2.97. The van der Waals surface area contributed by atoms with Gasteiger partial charge < -0.3 is 24.3 Å². The number of carbonyl (C=O) groups is 4. The minimum absolute atomic E-state index is 0.123. The standard InChI is InChI=1S/C21H27NO11S/c1-11-6-8-16(9-7-11)34(27,28)29-10-17-19(30-13(3)24)20(31-14(4)25)18(22-12(2)23)21(33-17)32-15(5)26/h6-9,17-21H,10H2,1-5H3,(H,22,23)/t17?,18?,19-,20-,21-/m1/s1. The van der Waals surface area contributed by atoms with Crippen LogP contribution in [-0.4, -0.2) is 69.5 Å². The molecule has 1 aromatic rings. The van der Waals surface area contributed by atoms with Crippen LogP contribution in [0.2, 0.25) is 0 Å². The van der Waals surface area contributed by atoms with Crippen molar-refractivity contribution in [3.8, 4) is 0 Å². The van der Waals surface area contributed by atoms with Gasteiger partial charge in [0.1, 0.15) is 12.1 Å². The summed E-state index contributed by atoms with van der Waals surface area (Å²) in [4.78, 5) is 46.8. The van der Waals surface area contributed by atoms with Crippen LogP contribution in [0.4, 0.5) is 0 Å². The van der Waals surface area contributed by atoms with Crippen LogP contribution in [0.3, 0.4) is 0 Å². The monoisotopic (exact) mass is 501 g/mol. The van der Waals surface area contributed by atoms with Gasteiger partial charge in [-0.2, -0.15) is 8.42 Å². The van der Waals surface area contributed by atoms with E-state index in [0.29, 0.717) is 0 Å². The molecule has 2 unspecified atom stereocenters. The van der Waals surface area contributed by atoms with E-state index in [-0.39, 0.29) is 4.90 Å². The molecule has 0 saturated carbocycles. The summed E-state index contributed by atoms with van der Waals surface area (Å²) in [7, 11) is -4.25. The minimum Gasteiger partial charge on any atom is -0.456 e. The van der Waals surface area contributed by atoms with Crippen molar-refractivity contribution >= 4 is 33.9 Å². The number of aryl methyl sites for hydroxylation is 1. The summed E-state index contributed by atoms with van der Waals surface area (Å²) in [5, 5.41) is 2.45. The summed E-state index contributed by atoms with van der Waals surface area (Å²) >= 11 is 0. The van der Waals surface area contributed by atoms with Crippen LogP contribution in [0.25, 0.3) is 0 Å². The first kappa shape index (κ1) is 27.2. The minimum atomic E-state index is -4.25. The lowest BCUT2D eigenvalue weighted by Crippen LogP contribution is -2.66. The highest BCUT2D eigenvalue weighted by Crippen LogP contribution is 2.28. The summed E-state index contributed by atoms with van der Waals surface area (Å²) in [5.41, 5.74) is 0.835. The molecule has 1 heterocycles. The Morgan fingerprint density at radius 1 is 0.882 bits per heavy atom. The number of hydrogen-bond acceptors (Lipinski definition) is 11. The zero-order valence-electron chi connectivity index (χ0n) is 19.3. The van der Waals surface area contributed by atoms with E-state index >= 15 is 0 Å². The first-order valence-electron chi connectivity index (χ1n) is 10.2. The Morgan fingerprint density at radius 3 is 1.91 bits per heavy atom. The van der Waals surface area contributed by atoms with Gasteiger partial charge in [-0.25, -0.2) is 0 Å². The Morgan fingerprint density at radius 2 is 1.41 bits per heavy atom. The molecule has 188 valence electrons. The van der Waals surface area contributed by atoms with Gasteiger partial charge in [0.15, 0.2) is 12.2 Å². The highest BCUT2D eigenvalue weighted by Gasteiger charge is 2.52. The second-order valence-corrected chi connectivity index (χ2v) is 9.19. The lowest BCUT2D eigenvalue weighted by atomic mass is 9.96. The van der Waals surface area contributed by atoms with E-state index in [2.05, 4.69) is 5.32 Å². The number of rotatable bonds is 8. The molecule has 0 spiro atoms. The maximum Gasteiger partial charge on any atom is 0.305 e. The quantitative estimate of drug-likeness (QED) is 0.297. The Balaban J connectivity index is 2.40. The number of nitrogens with one attached hydrogen (secondary N) is 1. The van der Waals surface area contributed by atoms with Crippen molar-refractivity contribution in [3.63, 3.8) is 0 Å². The lowest BCUT2D eigenvalue weighted by Gasteiger charge is -2.44. The van der Waals surface area contributed by atoms with Crippen LogP contribution in [-0.2, 0) is 52.4 Å². The number of carbonyl (C=O) groups excluding carboxylic acids is 4. The third-order valence-corrected chi connectivity index (χ3v) is 5.90. The van der Waals surface area contributed by atoms with Crippen LogP contribution in [0.1, 0.15) is 33.3 Å². The van der Waals surface area contributed by atoms with Gasteiger partial charge in [-0.15, -0.1) is 0 Å². The average Bonchev–Trinajstić information content (AvgIpc) is 2.70. The van der Waals surface area contributed by atoms with Gasteiger partial charge in [0.25, 0.3) is 10.1 Å². The van der Waals surface area contributed by atoms with E-state index in [4.69, 9.17) is 23.1 Å². The van der Waals surface area contributed by atoms with Gasteiger partial charge in [-0.05, 0) is 19.1 Å². The SMILES string of the molecule is CC(=O)NC1[C@H](OC(C)=O)OC(COS(=O)(=O)c2ccc(C)cc2)[C@@H](OC(C)=O)[C@@H]1OC(C)=O. The molecule has 1 aliphatic heterocycles. The maximum absolute atomic E-state index is 12.6. The van der Waals surface area contributed by atoms with Crippen molar-refractivity contribution in [2.75, 3.05) is 6.61 Å². The first-order valence-corrected chi connectivity index (χ1v) is 11.6. The number of hydrogen-bond donors (Lipinski definition) is 1. The van der Waals surface area contributed by atoms with Crippen molar-refractivity contribution in [1.29, 1.82) is 0 Å². The highest BCUT2D eigenvalue weighted by atomic mass is 32.2.